The molecule has 0 radical (unpaired) electrons. The summed E-state index contributed by atoms with van der Waals surface area (Å²) in [6.07, 6.45) is 2.96. The van der Waals surface area contributed by atoms with Gasteiger partial charge in [0.1, 0.15) is 11.5 Å². The van der Waals surface area contributed by atoms with Crippen LogP contribution in [-0.2, 0) is 0 Å². The molecule has 0 aliphatic carbocycles. The van der Waals surface area contributed by atoms with Gasteiger partial charge in [0.05, 0.1) is 18.4 Å². The number of carbonyl (C=O) groups excluding carboxylic acids is 1. The Bertz CT molecular complexity index is 583. The van der Waals surface area contributed by atoms with Crippen molar-refractivity contribution in [2.45, 2.75) is 13.0 Å². The first kappa shape index (κ1) is 14.3. The summed E-state index contributed by atoms with van der Waals surface area (Å²) in [6.45, 7) is 1.90. The van der Waals surface area contributed by atoms with Gasteiger partial charge in [0.2, 0.25) is 0 Å². The highest BCUT2D eigenvalue weighted by molar-refractivity contribution is 6.30. The quantitative estimate of drug-likeness (QED) is 0.908. The van der Waals surface area contributed by atoms with E-state index in [9.17, 15) is 4.79 Å². The monoisotopic (exact) mass is 290 g/mol. The summed E-state index contributed by atoms with van der Waals surface area (Å²) in [6, 6.07) is 7.21. The van der Waals surface area contributed by atoms with Crippen LogP contribution in [0.25, 0.3) is 0 Å². The molecule has 0 bridgehead atoms. The summed E-state index contributed by atoms with van der Waals surface area (Å²) in [5.41, 5.74) is 1.26. The molecule has 20 heavy (non-hydrogen) atoms. The van der Waals surface area contributed by atoms with Gasteiger partial charge in [-0.05, 0) is 24.6 Å². The Morgan fingerprint density at radius 1 is 1.20 bits per heavy atom. The van der Waals surface area contributed by atoms with E-state index in [1.165, 1.54) is 12.4 Å². The Hall–Kier alpha value is -2.14. The lowest BCUT2D eigenvalue weighted by molar-refractivity contribution is 0.0934. The second-order valence-electron chi connectivity index (χ2n) is 4.28. The fourth-order valence-corrected chi connectivity index (χ4v) is 1.81. The van der Waals surface area contributed by atoms with Crippen molar-refractivity contribution in [1.82, 2.24) is 15.3 Å². The normalized spacial score (nSPS) is 11.8. The number of hydrogen-bond acceptors (Lipinski definition) is 4. The summed E-state index contributed by atoms with van der Waals surface area (Å²) in [5, 5.41) is 6.38. The number of amides is 1. The molecule has 104 valence electrons. The van der Waals surface area contributed by atoms with Gasteiger partial charge in [0, 0.05) is 12.1 Å². The third-order valence-corrected chi connectivity index (χ3v) is 3.11. The van der Waals surface area contributed by atoms with Crippen LogP contribution >= 0.6 is 11.6 Å². The number of aromatic nitrogens is 2. The van der Waals surface area contributed by atoms with Crippen LogP contribution in [0.5, 0.6) is 0 Å². The van der Waals surface area contributed by atoms with Gasteiger partial charge in [0.25, 0.3) is 5.91 Å². The lowest BCUT2D eigenvalue weighted by Gasteiger charge is -2.14. The van der Waals surface area contributed by atoms with Crippen LogP contribution in [0.4, 0.5) is 5.82 Å². The molecular weight excluding hydrogens is 276 g/mol. The predicted octanol–water partition coefficient (Wildman–Crippen LogP) is 2.66. The van der Waals surface area contributed by atoms with Crippen LogP contribution < -0.4 is 10.6 Å². The van der Waals surface area contributed by atoms with Crippen LogP contribution in [-0.4, -0.2) is 22.9 Å². The van der Waals surface area contributed by atoms with E-state index in [-0.39, 0.29) is 17.6 Å². The molecule has 5 nitrogen and oxygen atoms in total. The second kappa shape index (κ2) is 6.34. The Morgan fingerprint density at radius 2 is 1.90 bits per heavy atom. The fraction of sp³-hybridized carbons (Fsp3) is 0.214. The number of hydrogen-bond donors (Lipinski definition) is 2. The van der Waals surface area contributed by atoms with Crippen LogP contribution in [0.1, 0.15) is 29.0 Å². The third-order valence-electron chi connectivity index (χ3n) is 2.86. The van der Waals surface area contributed by atoms with Crippen molar-refractivity contribution < 1.29 is 4.79 Å². The van der Waals surface area contributed by atoms with Crippen molar-refractivity contribution >= 4 is 23.3 Å². The molecule has 1 amide bonds. The molecule has 6 heteroatoms. The Kier molecular flexibility index (Phi) is 4.53. The van der Waals surface area contributed by atoms with Crippen molar-refractivity contribution in [2.24, 2.45) is 0 Å². The second-order valence-corrected chi connectivity index (χ2v) is 4.72. The standard InChI is InChI=1S/C14H15ClN4O/c1-9(10-3-5-11(15)6-4-10)19-14(20)12-7-18-13(16-2)8-17-12/h3-9H,1-2H3,(H,16,18)(H,19,20). The molecule has 1 unspecified atom stereocenters. The zero-order valence-corrected chi connectivity index (χ0v) is 12.0. The molecule has 0 fully saturated rings. The molecule has 2 rings (SSSR count). The SMILES string of the molecule is CNc1cnc(C(=O)NC(C)c2ccc(Cl)cc2)cn1. The molecule has 0 saturated heterocycles. The summed E-state index contributed by atoms with van der Waals surface area (Å²) in [4.78, 5) is 20.1. The molecule has 0 aliphatic heterocycles. The number of carbonyl (C=O) groups is 1. The minimum atomic E-state index is -0.261. The lowest BCUT2D eigenvalue weighted by atomic mass is 10.1. The van der Waals surface area contributed by atoms with Crippen LogP contribution in [0.3, 0.4) is 0 Å². The van der Waals surface area contributed by atoms with E-state index in [4.69, 9.17) is 11.6 Å². The fourth-order valence-electron chi connectivity index (χ4n) is 1.68. The van der Waals surface area contributed by atoms with Crippen molar-refractivity contribution in [2.75, 3.05) is 12.4 Å². The third kappa shape index (κ3) is 3.45. The summed E-state index contributed by atoms with van der Waals surface area (Å²) >= 11 is 5.83. The van der Waals surface area contributed by atoms with Crippen LogP contribution in [0.2, 0.25) is 5.02 Å². The van der Waals surface area contributed by atoms with E-state index in [0.717, 1.165) is 5.56 Å². The molecular formula is C14H15ClN4O. The number of halogens is 1. The molecule has 2 N–H and O–H groups in total. The minimum Gasteiger partial charge on any atom is -0.372 e. The van der Waals surface area contributed by atoms with Crippen molar-refractivity contribution in [3.8, 4) is 0 Å². The number of nitrogens with one attached hydrogen (secondary N) is 2. The van der Waals surface area contributed by atoms with Gasteiger partial charge in [-0.3, -0.25) is 4.79 Å². The van der Waals surface area contributed by atoms with Crippen LogP contribution in [0, 0.1) is 0 Å². The predicted molar refractivity (Wildman–Crippen MR) is 78.9 cm³/mol. The van der Waals surface area contributed by atoms with Gasteiger partial charge in [-0.25, -0.2) is 9.97 Å². The maximum absolute atomic E-state index is 12.0. The van der Waals surface area contributed by atoms with E-state index in [2.05, 4.69) is 20.6 Å². The van der Waals surface area contributed by atoms with Gasteiger partial charge >= 0.3 is 0 Å². The smallest absolute Gasteiger partial charge is 0.271 e. The number of benzene rings is 1. The van der Waals surface area contributed by atoms with E-state index >= 15 is 0 Å². The van der Waals surface area contributed by atoms with E-state index in [1.807, 2.05) is 19.1 Å². The summed E-state index contributed by atoms with van der Waals surface area (Å²) in [5.74, 6) is 0.356. The highest BCUT2D eigenvalue weighted by Gasteiger charge is 2.12. The van der Waals surface area contributed by atoms with Crippen LogP contribution in [0.15, 0.2) is 36.7 Å². The zero-order valence-electron chi connectivity index (χ0n) is 11.2. The first-order valence-corrected chi connectivity index (χ1v) is 6.54. The van der Waals surface area contributed by atoms with E-state index in [0.29, 0.717) is 10.8 Å². The van der Waals surface area contributed by atoms with Gasteiger partial charge in [-0.1, -0.05) is 23.7 Å². The van der Waals surface area contributed by atoms with Crippen molar-refractivity contribution in [1.29, 1.82) is 0 Å². The molecule has 1 atom stereocenters. The topological polar surface area (TPSA) is 66.9 Å². The molecule has 1 aromatic carbocycles. The van der Waals surface area contributed by atoms with Gasteiger partial charge in [-0.15, -0.1) is 0 Å². The largest absolute Gasteiger partial charge is 0.372 e. The van der Waals surface area contributed by atoms with E-state index in [1.54, 1.807) is 19.2 Å². The lowest BCUT2D eigenvalue weighted by Crippen LogP contribution is -2.27. The Labute approximate surface area is 122 Å². The molecule has 0 saturated carbocycles. The molecule has 1 heterocycles. The minimum absolute atomic E-state index is 0.134. The van der Waals surface area contributed by atoms with Gasteiger partial charge in [-0.2, -0.15) is 0 Å². The number of nitrogens with zero attached hydrogens (tertiary/aromatic N) is 2. The average molecular weight is 291 g/mol. The maximum Gasteiger partial charge on any atom is 0.271 e. The van der Waals surface area contributed by atoms with Crippen molar-refractivity contribution in [3.05, 3.63) is 52.9 Å². The molecule has 1 aromatic heterocycles. The van der Waals surface area contributed by atoms with Gasteiger partial charge < -0.3 is 10.6 Å². The zero-order chi connectivity index (χ0) is 14.5. The number of anilines is 1. The number of rotatable bonds is 4. The molecule has 0 aliphatic rings. The Morgan fingerprint density at radius 3 is 2.45 bits per heavy atom. The maximum atomic E-state index is 12.0. The first-order chi connectivity index (χ1) is 9.60. The highest BCUT2D eigenvalue weighted by atomic mass is 35.5. The first-order valence-electron chi connectivity index (χ1n) is 6.16. The van der Waals surface area contributed by atoms with Crippen molar-refractivity contribution in [3.63, 3.8) is 0 Å². The molecule has 2 aromatic rings. The highest BCUT2D eigenvalue weighted by Crippen LogP contribution is 2.16. The molecule has 0 spiro atoms. The van der Waals surface area contributed by atoms with E-state index < -0.39 is 0 Å². The summed E-state index contributed by atoms with van der Waals surface area (Å²) < 4.78 is 0. The average Bonchev–Trinajstić information content (AvgIpc) is 2.48. The summed E-state index contributed by atoms with van der Waals surface area (Å²) in [7, 11) is 1.74. The van der Waals surface area contributed by atoms with Gasteiger partial charge in [0.15, 0.2) is 0 Å². The Balaban J connectivity index is 2.04.